The molecule has 4 nitrogen and oxygen atoms in total. The van der Waals surface area contributed by atoms with Crippen LogP contribution < -0.4 is 5.32 Å². The average Bonchev–Trinajstić information content (AvgIpc) is 2.69. The van der Waals surface area contributed by atoms with Crippen LogP contribution in [0.25, 0.3) is 6.08 Å². The van der Waals surface area contributed by atoms with E-state index in [2.05, 4.69) is 46.0 Å². The topological polar surface area (TPSA) is 50.7 Å². The maximum absolute atomic E-state index is 9.36. The van der Waals surface area contributed by atoms with Gasteiger partial charge in [-0.1, -0.05) is 18.2 Å². The van der Waals surface area contributed by atoms with Gasteiger partial charge in [0.1, 0.15) is 0 Å². The third-order valence-electron chi connectivity index (χ3n) is 4.80. The quantitative estimate of drug-likeness (QED) is 0.820. The fraction of sp³-hybridized carbons (Fsp3) is 0.556. The number of rotatable bonds is 5. The summed E-state index contributed by atoms with van der Waals surface area (Å²) in [6.07, 6.45) is 2.10. The number of likely N-dealkylation sites (N-methyl/N-ethyl adjacent to an activating group) is 1. The van der Waals surface area contributed by atoms with Crippen LogP contribution in [-0.4, -0.2) is 37.0 Å². The van der Waals surface area contributed by atoms with Gasteiger partial charge in [-0.3, -0.25) is 0 Å². The zero-order valence-corrected chi connectivity index (χ0v) is 15.1. The van der Waals surface area contributed by atoms with Gasteiger partial charge in [0, 0.05) is 6.54 Å². The Labute approximate surface area is 140 Å². The Morgan fingerprint density at radius 3 is 2.35 bits per heavy atom. The lowest BCUT2D eigenvalue weighted by Crippen LogP contribution is -2.41. The second kappa shape index (κ2) is 6.77. The molecule has 1 fully saturated rings. The Hall–Kier alpha value is -1.14. The molecule has 2 N–H and O–H groups in total. The van der Waals surface area contributed by atoms with Crippen molar-refractivity contribution in [2.45, 2.75) is 52.4 Å². The van der Waals surface area contributed by atoms with Crippen molar-refractivity contribution in [3.63, 3.8) is 0 Å². The van der Waals surface area contributed by atoms with E-state index in [1.165, 1.54) is 0 Å². The molecule has 1 aromatic carbocycles. The largest absolute Gasteiger partial charge is 0.491 e. The highest BCUT2D eigenvalue weighted by atomic mass is 16.7. The van der Waals surface area contributed by atoms with Gasteiger partial charge in [0.25, 0.3) is 0 Å². The van der Waals surface area contributed by atoms with Gasteiger partial charge in [-0.05, 0) is 69.9 Å². The number of aliphatic hydroxyl groups is 1. The van der Waals surface area contributed by atoms with Crippen LogP contribution in [-0.2, 0) is 15.9 Å². The molecule has 1 aliphatic rings. The molecule has 1 saturated heterocycles. The third-order valence-corrected chi connectivity index (χ3v) is 4.80. The summed E-state index contributed by atoms with van der Waals surface area (Å²) in [5.74, 6) is 0. The van der Waals surface area contributed by atoms with E-state index in [0.29, 0.717) is 6.54 Å². The maximum Gasteiger partial charge on any atom is 0.491 e. The molecule has 0 unspecified atom stereocenters. The molecule has 23 heavy (non-hydrogen) atoms. The summed E-state index contributed by atoms with van der Waals surface area (Å²) in [6.45, 7) is 11.0. The van der Waals surface area contributed by atoms with Crippen LogP contribution in [0.5, 0.6) is 0 Å². The molecule has 0 saturated carbocycles. The molecule has 126 valence electrons. The zero-order valence-electron chi connectivity index (χ0n) is 15.1. The molecule has 1 heterocycles. The summed E-state index contributed by atoms with van der Waals surface area (Å²) >= 11 is 0. The van der Waals surface area contributed by atoms with Crippen LogP contribution >= 0.6 is 0 Å². The molecule has 0 bridgehead atoms. The van der Waals surface area contributed by atoms with Gasteiger partial charge in [-0.15, -0.1) is 0 Å². The molecular formula is C18H28BNO3. The highest BCUT2D eigenvalue weighted by Gasteiger charge is 2.52. The third kappa shape index (κ3) is 3.86. The number of aryl methyl sites for hydroxylation is 1. The van der Waals surface area contributed by atoms with Gasteiger partial charge in [0.15, 0.2) is 0 Å². The minimum atomic E-state index is -0.371. The van der Waals surface area contributed by atoms with Crippen molar-refractivity contribution >= 4 is 13.2 Å². The molecule has 0 radical (unpaired) electrons. The maximum atomic E-state index is 9.36. The Balaban J connectivity index is 2.36. The molecule has 0 aliphatic carbocycles. The Bertz CT molecular complexity index is 580. The normalized spacial score (nSPS) is 20.1. The number of benzene rings is 1. The van der Waals surface area contributed by atoms with Crippen LogP contribution in [0.15, 0.2) is 23.7 Å². The number of hydrogen-bond acceptors (Lipinski definition) is 4. The van der Waals surface area contributed by atoms with E-state index in [4.69, 9.17) is 9.31 Å². The van der Waals surface area contributed by atoms with Gasteiger partial charge in [0.2, 0.25) is 0 Å². The first-order valence-corrected chi connectivity index (χ1v) is 8.11. The molecule has 1 aliphatic heterocycles. The Kier molecular flexibility index (Phi) is 5.36. The lowest BCUT2D eigenvalue weighted by atomic mass is 9.76. The van der Waals surface area contributed by atoms with Crippen LogP contribution in [0.1, 0.15) is 44.4 Å². The van der Waals surface area contributed by atoms with Gasteiger partial charge in [-0.25, -0.2) is 0 Å². The van der Waals surface area contributed by atoms with E-state index < -0.39 is 0 Å². The van der Waals surface area contributed by atoms with Crippen molar-refractivity contribution in [1.29, 1.82) is 0 Å². The minimum Gasteiger partial charge on any atom is -0.400 e. The van der Waals surface area contributed by atoms with Crippen LogP contribution in [0, 0.1) is 6.92 Å². The van der Waals surface area contributed by atoms with Gasteiger partial charge >= 0.3 is 7.12 Å². The van der Waals surface area contributed by atoms with E-state index >= 15 is 0 Å². The monoisotopic (exact) mass is 317 g/mol. The predicted octanol–water partition coefficient (Wildman–Crippen LogP) is 2.72. The number of nitrogens with one attached hydrogen (secondary N) is 1. The van der Waals surface area contributed by atoms with E-state index in [1.54, 1.807) is 0 Å². The van der Waals surface area contributed by atoms with Crippen LogP contribution in [0.2, 0.25) is 0 Å². The average molecular weight is 317 g/mol. The van der Waals surface area contributed by atoms with Crippen molar-refractivity contribution in [3.05, 3.63) is 40.4 Å². The molecular weight excluding hydrogens is 289 g/mol. The fourth-order valence-corrected chi connectivity index (χ4v) is 2.54. The minimum absolute atomic E-state index is 0.0406. The summed E-state index contributed by atoms with van der Waals surface area (Å²) in [6, 6.07) is 5.98. The molecule has 0 spiro atoms. The van der Waals surface area contributed by atoms with Crippen molar-refractivity contribution in [2.75, 3.05) is 13.6 Å². The van der Waals surface area contributed by atoms with E-state index in [1.807, 2.05) is 25.2 Å². The molecule has 2 rings (SSSR count). The SMILES string of the molecule is CNCC(=Cc1cc(CO)ccc1C)B1OC(C)(C)C(C)(C)O1. The zero-order chi connectivity index (χ0) is 17.3. The lowest BCUT2D eigenvalue weighted by molar-refractivity contribution is 0.00578. The van der Waals surface area contributed by atoms with E-state index in [-0.39, 0.29) is 24.9 Å². The summed E-state index contributed by atoms with van der Waals surface area (Å²) in [7, 11) is 1.54. The molecule has 0 atom stereocenters. The standard InChI is InChI=1S/C18H28BNO3/c1-13-7-8-14(12-21)9-15(13)10-16(11-20-6)19-22-17(2,3)18(4,5)23-19/h7-10,20-21H,11-12H2,1-6H3. The first-order chi connectivity index (χ1) is 10.7. The van der Waals surface area contributed by atoms with Gasteiger partial charge in [0.05, 0.1) is 17.8 Å². The smallest absolute Gasteiger partial charge is 0.400 e. The van der Waals surface area contributed by atoms with Crippen LogP contribution in [0.3, 0.4) is 0 Å². The number of hydrogen-bond donors (Lipinski definition) is 2. The second-order valence-electron chi connectivity index (χ2n) is 7.19. The fourth-order valence-electron chi connectivity index (χ4n) is 2.54. The Morgan fingerprint density at radius 2 is 1.83 bits per heavy atom. The lowest BCUT2D eigenvalue weighted by Gasteiger charge is -2.32. The van der Waals surface area contributed by atoms with Crippen LogP contribution in [0.4, 0.5) is 0 Å². The summed E-state index contributed by atoms with van der Waals surface area (Å²) < 4.78 is 12.3. The number of aliphatic hydroxyl groups excluding tert-OH is 1. The highest BCUT2D eigenvalue weighted by molar-refractivity contribution is 6.55. The first kappa shape index (κ1) is 18.2. The van der Waals surface area contributed by atoms with Crippen molar-refractivity contribution in [3.8, 4) is 0 Å². The van der Waals surface area contributed by atoms with Crippen molar-refractivity contribution in [2.24, 2.45) is 0 Å². The Morgan fingerprint density at radius 1 is 1.22 bits per heavy atom. The molecule has 0 amide bonds. The summed E-state index contributed by atoms with van der Waals surface area (Å²) in [4.78, 5) is 0. The van der Waals surface area contributed by atoms with Gasteiger partial charge in [-0.2, -0.15) is 0 Å². The molecule has 0 aromatic heterocycles. The highest BCUT2D eigenvalue weighted by Crippen LogP contribution is 2.38. The van der Waals surface area contributed by atoms with E-state index in [0.717, 1.165) is 22.2 Å². The van der Waals surface area contributed by atoms with Gasteiger partial charge < -0.3 is 19.7 Å². The molecule has 1 aromatic rings. The van der Waals surface area contributed by atoms with Crippen molar-refractivity contribution in [1.82, 2.24) is 5.32 Å². The molecule has 5 heteroatoms. The van der Waals surface area contributed by atoms with Crippen molar-refractivity contribution < 1.29 is 14.4 Å². The van der Waals surface area contributed by atoms with E-state index in [9.17, 15) is 5.11 Å². The summed E-state index contributed by atoms with van der Waals surface area (Å²) in [5.41, 5.74) is 3.48. The summed E-state index contributed by atoms with van der Waals surface area (Å²) in [5, 5.41) is 12.5. The second-order valence-corrected chi connectivity index (χ2v) is 7.19. The first-order valence-electron chi connectivity index (χ1n) is 8.11. The predicted molar refractivity (Wildman–Crippen MR) is 95.1 cm³/mol.